The summed E-state index contributed by atoms with van der Waals surface area (Å²) < 4.78 is 12.9. The van der Waals surface area contributed by atoms with Gasteiger partial charge in [0.25, 0.3) is 0 Å². The van der Waals surface area contributed by atoms with Crippen LogP contribution in [-0.2, 0) is 13.0 Å². The van der Waals surface area contributed by atoms with Crippen LogP contribution in [0.25, 0.3) is 10.9 Å². The van der Waals surface area contributed by atoms with Gasteiger partial charge in [-0.25, -0.2) is 4.39 Å². The first-order valence-electron chi connectivity index (χ1n) is 8.42. The third kappa shape index (κ3) is 4.97. The predicted molar refractivity (Wildman–Crippen MR) is 117 cm³/mol. The Balaban J connectivity index is 0.00000243. The molecule has 6 heteroatoms. The fraction of sp³-hybridized carbons (Fsp3) is 0.250. The number of H-pyrrole nitrogens is 1. The fourth-order valence-corrected chi connectivity index (χ4v) is 2.90. The van der Waals surface area contributed by atoms with Crippen molar-refractivity contribution < 1.29 is 4.39 Å². The number of aliphatic imine (C=N–C) groups is 1. The zero-order valence-electron chi connectivity index (χ0n) is 15.0. The van der Waals surface area contributed by atoms with Gasteiger partial charge in [-0.3, -0.25) is 4.99 Å². The predicted octanol–water partition coefficient (Wildman–Crippen LogP) is 4.14. The molecule has 0 amide bonds. The van der Waals surface area contributed by atoms with Gasteiger partial charge in [0.05, 0.1) is 0 Å². The summed E-state index contributed by atoms with van der Waals surface area (Å²) in [6.07, 6.45) is 2.98. The lowest BCUT2D eigenvalue weighted by molar-refractivity contribution is 0.626. The Bertz CT molecular complexity index is 871. The number of hydrogen-bond donors (Lipinski definition) is 3. The van der Waals surface area contributed by atoms with Crippen molar-refractivity contribution in [2.24, 2.45) is 4.99 Å². The number of benzene rings is 2. The maximum atomic E-state index is 12.9. The van der Waals surface area contributed by atoms with Crippen LogP contribution < -0.4 is 10.6 Å². The molecule has 2 aromatic carbocycles. The van der Waals surface area contributed by atoms with Crippen LogP contribution in [0.5, 0.6) is 0 Å². The molecule has 3 aromatic rings. The molecule has 4 nitrogen and oxygen atoms in total. The van der Waals surface area contributed by atoms with Crippen molar-refractivity contribution >= 4 is 40.8 Å². The summed E-state index contributed by atoms with van der Waals surface area (Å²) in [6, 6.07) is 12.8. The zero-order valence-corrected chi connectivity index (χ0v) is 17.3. The molecule has 138 valence electrons. The highest BCUT2D eigenvalue weighted by molar-refractivity contribution is 14.0. The first kappa shape index (κ1) is 20.2. The average molecular weight is 466 g/mol. The van der Waals surface area contributed by atoms with E-state index in [9.17, 15) is 4.39 Å². The summed E-state index contributed by atoms with van der Waals surface area (Å²) in [5.74, 6) is 0.514. The summed E-state index contributed by atoms with van der Waals surface area (Å²) in [5.41, 5.74) is 4.77. The van der Waals surface area contributed by atoms with Gasteiger partial charge in [0, 0.05) is 37.2 Å². The van der Waals surface area contributed by atoms with Gasteiger partial charge in [-0.2, -0.15) is 0 Å². The van der Waals surface area contributed by atoms with E-state index in [0.717, 1.165) is 24.5 Å². The Labute approximate surface area is 170 Å². The molecule has 0 fully saturated rings. The molecule has 26 heavy (non-hydrogen) atoms. The summed E-state index contributed by atoms with van der Waals surface area (Å²) >= 11 is 0. The number of fused-ring (bicyclic) bond motifs is 1. The van der Waals surface area contributed by atoms with Crippen LogP contribution in [0.3, 0.4) is 0 Å². The monoisotopic (exact) mass is 466 g/mol. The first-order chi connectivity index (χ1) is 12.2. The van der Waals surface area contributed by atoms with E-state index in [1.54, 1.807) is 19.2 Å². The highest BCUT2D eigenvalue weighted by Gasteiger charge is 2.05. The molecular weight excluding hydrogens is 442 g/mol. The van der Waals surface area contributed by atoms with Crippen molar-refractivity contribution in [3.05, 3.63) is 71.2 Å². The lowest BCUT2D eigenvalue weighted by Gasteiger charge is -2.12. The van der Waals surface area contributed by atoms with Gasteiger partial charge in [0.1, 0.15) is 5.82 Å². The molecule has 3 N–H and O–H groups in total. The third-order valence-electron chi connectivity index (χ3n) is 4.29. The molecule has 0 radical (unpaired) electrons. The van der Waals surface area contributed by atoms with E-state index in [1.807, 2.05) is 0 Å². The quantitative estimate of drug-likeness (QED) is 0.301. The molecule has 0 aliphatic rings. The van der Waals surface area contributed by atoms with E-state index < -0.39 is 0 Å². The SMILES string of the molecule is CN=C(NCCc1c[nH]c2c(C)cccc12)NCc1ccc(F)cc1.I. The lowest BCUT2D eigenvalue weighted by Crippen LogP contribution is -2.37. The Morgan fingerprint density at radius 2 is 1.88 bits per heavy atom. The van der Waals surface area contributed by atoms with Crippen LogP contribution in [0.4, 0.5) is 4.39 Å². The largest absolute Gasteiger partial charge is 0.361 e. The standard InChI is InChI=1S/C20H23FN4.HI/c1-14-4-3-5-18-16(13-24-19(14)18)10-11-23-20(22-2)25-12-15-6-8-17(21)9-7-15;/h3-9,13,24H,10-12H2,1-2H3,(H2,22,23,25);1H. The van der Waals surface area contributed by atoms with Gasteiger partial charge in [0.2, 0.25) is 0 Å². The Hall–Kier alpha value is -2.09. The van der Waals surface area contributed by atoms with Crippen molar-refractivity contribution in [1.82, 2.24) is 15.6 Å². The highest BCUT2D eigenvalue weighted by Crippen LogP contribution is 2.21. The minimum atomic E-state index is -0.222. The summed E-state index contributed by atoms with van der Waals surface area (Å²) in [7, 11) is 1.75. The summed E-state index contributed by atoms with van der Waals surface area (Å²) in [4.78, 5) is 7.58. The number of nitrogens with one attached hydrogen (secondary N) is 3. The molecule has 0 saturated heterocycles. The number of aromatic nitrogens is 1. The highest BCUT2D eigenvalue weighted by atomic mass is 127. The molecule has 0 aliphatic carbocycles. The van der Waals surface area contributed by atoms with E-state index in [1.165, 1.54) is 34.2 Å². The minimum absolute atomic E-state index is 0. The van der Waals surface area contributed by atoms with Crippen molar-refractivity contribution in [2.75, 3.05) is 13.6 Å². The summed E-state index contributed by atoms with van der Waals surface area (Å²) in [6.45, 7) is 3.50. The number of rotatable bonds is 5. The normalized spacial score (nSPS) is 11.3. The molecule has 0 atom stereocenters. The zero-order chi connectivity index (χ0) is 17.6. The Morgan fingerprint density at radius 3 is 2.62 bits per heavy atom. The number of halogens is 2. The lowest BCUT2D eigenvalue weighted by atomic mass is 10.1. The number of para-hydroxylation sites is 1. The van der Waals surface area contributed by atoms with Gasteiger partial charge in [-0.05, 0) is 42.2 Å². The van der Waals surface area contributed by atoms with Crippen molar-refractivity contribution in [3.63, 3.8) is 0 Å². The maximum absolute atomic E-state index is 12.9. The third-order valence-corrected chi connectivity index (χ3v) is 4.29. The van der Waals surface area contributed by atoms with E-state index in [-0.39, 0.29) is 29.8 Å². The second-order valence-corrected chi connectivity index (χ2v) is 6.04. The van der Waals surface area contributed by atoms with Crippen molar-refractivity contribution in [1.29, 1.82) is 0 Å². The van der Waals surface area contributed by atoms with Gasteiger partial charge in [-0.15, -0.1) is 24.0 Å². The topological polar surface area (TPSA) is 52.2 Å². The van der Waals surface area contributed by atoms with Crippen molar-refractivity contribution in [2.45, 2.75) is 19.9 Å². The van der Waals surface area contributed by atoms with Gasteiger partial charge >= 0.3 is 0 Å². The number of aromatic amines is 1. The van der Waals surface area contributed by atoms with E-state index >= 15 is 0 Å². The average Bonchev–Trinajstić information content (AvgIpc) is 3.04. The number of nitrogens with zero attached hydrogens (tertiary/aromatic N) is 1. The second-order valence-electron chi connectivity index (χ2n) is 6.04. The Kier molecular flexibility index (Phi) is 7.44. The van der Waals surface area contributed by atoms with Crippen LogP contribution in [0.1, 0.15) is 16.7 Å². The number of guanidine groups is 1. The van der Waals surface area contributed by atoms with E-state index in [2.05, 4.69) is 51.9 Å². The molecule has 0 unspecified atom stereocenters. The molecule has 1 aromatic heterocycles. The number of aryl methyl sites for hydroxylation is 1. The maximum Gasteiger partial charge on any atom is 0.191 e. The van der Waals surface area contributed by atoms with Gasteiger partial charge < -0.3 is 15.6 Å². The molecule has 1 heterocycles. The van der Waals surface area contributed by atoms with E-state index in [0.29, 0.717) is 6.54 Å². The minimum Gasteiger partial charge on any atom is -0.361 e. The molecule has 0 bridgehead atoms. The van der Waals surface area contributed by atoms with Crippen LogP contribution >= 0.6 is 24.0 Å². The van der Waals surface area contributed by atoms with Gasteiger partial charge in [-0.1, -0.05) is 30.3 Å². The fourth-order valence-electron chi connectivity index (χ4n) is 2.90. The van der Waals surface area contributed by atoms with Crippen LogP contribution in [-0.4, -0.2) is 24.5 Å². The molecular formula is C20H24FIN4. The van der Waals surface area contributed by atoms with Crippen LogP contribution in [0.2, 0.25) is 0 Å². The molecule has 3 rings (SSSR count). The second kappa shape index (κ2) is 9.56. The molecule has 0 saturated carbocycles. The molecule has 0 spiro atoms. The van der Waals surface area contributed by atoms with E-state index in [4.69, 9.17) is 0 Å². The number of hydrogen-bond acceptors (Lipinski definition) is 1. The smallest absolute Gasteiger partial charge is 0.191 e. The Morgan fingerprint density at radius 1 is 1.12 bits per heavy atom. The van der Waals surface area contributed by atoms with Crippen molar-refractivity contribution in [3.8, 4) is 0 Å². The van der Waals surface area contributed by atoms with Crippen LogP contribution in [0, 0.1) is 12.7 Å². The molecule has 0 aliphatic heterocycles. The van der Waals surface area contributed by atoms with Gasteiger partial charge in [0.15, 0.2) is 5.96 Å². The summed E-state index contributed by atoms with van der Waals surface area (Å²) in [5, 5.41) is 7.83. The first-order valence-corrected chi connectivity index (χ1v) is 8.42. The van der Waals surface area contributed by atoms with Crippen LogP contribution in [0.15, 0.2) is 53.7 Å².